The molecule has 1 aromatic heterocycles. The zero-order valence-corrected chi connectivity index (χ0v) is 18.4. The van der Waals surface area contributed by atoms with Gasteiger partial charge in [0, 0.05) is 0 Å². The van der Waals surface area contributed by atoms with Crippen molar-refractivity contribution >= 4 is 12.2 Å². The van der Waals surface area contributed by atoms with Gasteiger partial charge in [0.25, 0.3) is 5.56 Å². The number of ether oxygens (including phenoxy) is 2. The highest BCUT2D eigenvalue weighted by molar-refractivity contribution is 5.81. The van der Waals surface area contributed by atoms with Gasteiger partial charge in [-0.15, -0.1) is 10.2 Å². The van der Waals surface area contributed by atoms with E-state index < -0.39 is 0 Å². The molecular formula is C23H27N5O3. The van der Waals surface area contributed by atoms with Gasteiger partial charge in [-0.1, -0.05) is 45.0 Å². The Hall–Kier alpha value is -3.68. The molecule has 0 amide bonds. The third-order valence-electron chi connectivity index (χ3n) is 4.65. The summed E-state index contributed by atoms with van der Waals surface area (Å²) in [4.78, 5) is 14.1. The predicted octanol–water partition coefficient (Wildman–Crippen LogP) is 3.80. The molecule has 0 unspecified atom stereocenters. The molecule has 162 valence electrons. The summed E-state index contributed by atoms with van der Waals surface area (Å²) in [6.45, 7) is 8.59. The molecule has 0 aliphatic carbocycles. The summed E-state index contributed by atoms with van der Waals surface area (Å²) in [5.74, 6) is 1.40. The molecule has 0 aliphatic heterocycles. The molecule has 1 heterocycles. The molecule has 2 N–H and O–H groups in total. The van der Waals surface area contributed by atoms with Gasteiger partial charge in [-0.25, -0.2) is 5.43 Å². The van der Waals surface area contributed by atoms with E-state index in [2.05, 4.69) is 70.7 Å². The van der Waals surface area contributed by atoms with Gasteiger partial charge >= 0.3 is 0 Å². The Balaban J connectivity index is 1.64. The molecular weight excluding hydrogens is 394 g/mol. The molecule has 8 heteroatoms. The summed E-state index contributed by atoms with van der Waals surface area (Å²) in [5, 5.41) is 11.6. The van der Waals surface area contributed by atoms with Crippen LogP contribution in [-0.2, 0) is 12.0 Å². The summed E-state index contributed by atoms with van der Waals surface area (Å²) < 4.78 is 11.4. The minimum atomic E-state index is -0.316. The molecule has 0 radical (unpaired) electrons. The second-order valence-corrected chi connectivity index (χ2v) is 8.10. The number of aryl methyl sites for hydroxylation is 1. The van der Waals surface area contributed by atoms with Gasteiger partial charge in [-0.3, -0.25) is 9.78 Å². The maximum Gasteiger partial charge on any atom is 0.274 e. The highest BCUT2D eigenvalue weighted by atomic mass is 16.5. The zero-order valence-electron chi connectivity index (χ0n) is 18.4. The number of aromatic amines is 1. The first-order valence-electron chi connectivity index (χ1n) is 9.89. The number of aromatic nitrogens is 3. The zero-order chi connectivity index (χ0) is 22.4. The quantitative estimate of drug-likeness (QED) is 0.444. The largest absolute Gasteiger partial charge is 0.493 e. The summed E-state index contributed by atoms with van der Waals surface area (Å²) in [6, 6.07) is 13.9. The molecule has 0 aliphatic rings. The van der Waals surface area contributed by atoms with Gasteiger partial charge in [0.1, 0.15) is 12.3 Å². The highest BCUT2D eigenvalue weighted by Crippen LogP contribution is 2.29. The van der Waals surface area contributed by atoms with Crippen molar-refractivity contribution in [2.24, 2.45) is 5.10 Å². The SMILES string of the molecule is COc1cc(/C=N/Nc2nnc(C)c(=O)[nH]2)ccc1OCc1ccc(C(C)(C)C)cc1. The van der Waals surface area contributed by atoms with E-state index in [4.69, 9.17) is 9.47 Å². The van der Waals surface area contributed by atoms with E-state index in [1.165, 1.54) is 5.56 Å². The van der Waals surface area contributed by atoms with E-state index in [0.717, 1.165) is 11.1 Å². The second-order valence-electron chi connectivity index (χ2n) is 8.10. The number of hydrogen-bond acceptors (Lipinski definition) is 7. The van der Waals surface area contributed by atoms with Crippen LogP contribution in [0.2, 0.25) is 0 Å². The molecule has 0 spiro atoms. The number of rotatable bonds is 7. The minimum Gasteiger partial charge on any atom is -0.493 e. The number of methoxy groups -OCH3 is 1. The topological polar surface area (TPSA) is 101 Å². The molecule has 3 rings (SSSR count). The molecule has 8 nitrogen and oxygen atoms in total. The lowest BCUT2D eigenvalue weighted by Crippen LogP contribution is -2.15. The maximum atomic E-state index is 11.5. The number of hydrazone groups is 1. The van der Waals surface area contributed by atoms with Crippen molar-refractivity contribution in [3.05, 3.63) is 75.2 Å². The number of H-pyrrole nitrogens is 1. The number of hydrogen-bond donors (Lipinski definition) is 2. The molecule has 2 aromatic carbocycles. The Morgan fingerprint density at radius 2 is 1.84 bits per heavy atom. The number of anilines is 1. The summed E-state index contributed by atoms with van der Waals surface area (Å²) in [5.41, 5.74) is 5.89. The van der Waals surface area contributed by atoms with Crippen LogP contribution in [0.3, 0.4) is 0 Å². The van der Waals surface area contributed by atoms with Gasteiger partial charge in [-0.2, -0.15) is 5.10 Å². The molecule has 0 saturated heterocycles. The van der Waals surface area contributed by atoms with Crippen molar-refractivity contribution < 1.29 is 9.47 Å². The van der Waals surface area contributed by atoms with E-state index in [-0.39, 0.29) is 16.9 Å². The van der Waals surface area contributed by atoms with Crippen LogP contribution in [0.1, 0.15) is 43.2 Å². The smallest absolute Gasteiger partial charge is 0.274 e. The van der Waals surface area contributed by atoms with Crippen LogP contribution in [0.4, 0.5) is 5.95 Å². The van der Waals surface area contributed by atoms with E-state index in [9.17, 15) is 4.79 Å². The standard InChI is InChI=1S/C23H27N5O3/c1-15-21(29)25-22(28-26-15)27-24-13-17-8-11-19(20(12-17)30-5)31-14-16-6-9-18(10-7-16)23(2,3)4/h6-13H,14H2,1-5H3,(H2,25,27,28,29)/b24-13+. The van der Waals surface area contributed by atoms with E-state index in [0.29, 0.717) is 23.8 Å². The Bertz CT molecular complexity index is 1120. The lowest BCUT2D eigenvalue weighted by molar-refractivity contribution is 0.284. The van der Waals surface area contributed by atoms with E-state index >= 15 is 0 Å². The number of nitrogens with one attached hydrogen (secondary N) is 2. The van der Waals surface area contributed by atoms with Crippen LogP contribution < -0.4 is 20.5 Å². The number of nitrogens with zero attached hydrogens (tertiary/aromatic N) is 3. The second kappa shape index (κ2) is 9.42. The normalized spacial score (nSPS) is 11.5. The summed E-state index contributed by atoms with van der Waals surface area (Å²) in [7, 11) is 1.59. The fourth-order valence-corrected chi connectivity index (χ4v) is 2.76. The van der Waals surface area contributed by atoms with Crippen molar-refractivity contribution in [1.82, 2.24) is 15.2 Å². The van der Waals surface area contributed by atoms with Crippen LogP contribution in [0.15, 0.2) is 52.4 Å². The lowest BCUT2D eigenvalue weighted by Gasteiger charge is -2.19. The summed E-state index contributed by atoms with van der Waals surface area (Å²) in [6.07, 6.45) is 1.58. The first kappa shape index (κ1) is 22.0. The van der Waals surface area contributed by atoms with Gasteiger partial charge < -0.3 is 9.47 Å². The van der Waals surface area contributed by atoms with Crippen LogP contribution >= 0.6 is 0 Å². The molecule has 0 fully saturated rings. The van der Waals surface area contributed by atoms with Crippen LogP contribution in [-0.4, -0.2) is 28.5 Å². The van der Waals surface area contributed by atoms with Gasteiger partial charge in [0.2, 0.25) is 5.95 Å². The summed E-state index contributed by atoms with van der Waals surface area (Å²) >= 11 is 0. The highest BCUT2D eigenvalue weighted by Gasteiger charge is 2.13. The molecule has 0 saturated carbocycles. The first-order chi connectivity index (χ1) is 14.8. The monoisotopic (exact) mass is 421 g/mol. The Labute approximate surface area is 181 Å². The number of benzene rings is 2. The van der Waals surface area contributed by atoms with Gasteiger partial charge in [-0.05, 0) is 47.2 Å². The minimum absolute atomic E-state index is 0.121. The van der Waals surface area contributed by atoms with Crippen molar-refractivity contribution in [3.8, 4) is 11.5 Å². The maximum absolute atomic E-state index is 11.5. The Morgan fingerprint density at radius 3 is 2.48 bits per heavy atom. The first-order valence-corrected chi connectivity index (χ1v) is 9.89. The van der Waals surface area contributed by atoms with Gasteiger partial charge in [0.05, 0.1) is 13.3 Å². The van der Waals surface area contributed by atoms with Crippen LogP contribution in [0.25, 0.3) is 0 Å². The van der Waals surface area contributed by atoms with Crippen molar-refractivity contribution in [2.75, 3.05) is 12.5 Å². The van der Waals surface area contributed by atoms with Crippen LogP contribution in [0, 0.1) is 6.92 Å². The van der Waals surface area contributed by atoms with E-state index in [1.807, 2.05) is 18.2 Å². The van der Waals surface area contributed by atoms with Crippen molar-refractivity contribution in [2.45, 2.75) is 39.7 Å². The average Bonchev–Trinajstić information content (AvgIpc) is 2.75. The third kappa shape index (κ3) is 5.91. The molecule has 0 atom stereocenters. The molecule has 0 bridgehead atoms. The van der Waals surface area contributed by atoms with E-state index in [1.54, 1.807) is 20.2 Å². The average molecular weight is 422 g/mol. The fraction of sp³-hybridized carbons (Fsp3) is 0.304. The Kier molecular flexibility index (Phi) is 6.69. The van der Waals surface area contributed by atoms with Crippen LogP contribution in [0.5, 0.6) is 11.5 Å². The van der Waals surface area contributed by atoms with Crippen molar-refractivity contribution in [3.63, 3.8) is 0 Å². The van der Waals surface area contributed by atoms with Gasteiger partial charge in [0.15, 0.2) is 11.5 Å². The lowest BCUT2D eigenvalue weighted by atomic mass is 9.87. The predicted molar refractivity (Wildman–Crippen MR) is 121 cm³/mol. The fourth-order valence-electron chi connectivity index (χ4n) is 2.76. The Morgan fingerprint density at radius 1 is 1.10 bits per heavy atom. The van der Waals surface area contributed by atoms with Crippen molar-refractivity contribution in [1.29, 1.82) is 0 Å². The molecule has 31 heavy (non-hydrogen) atoms. The third-order valence-corrected chi connectivity index (χ3v) is 4.65. The molecule has 3 aromatic rings.